The lowest BCUT2D eigenvalue weighted by atomic mass is 10.1. The van der Waals surface area contributed by atoms with Crippen molar-refractivity contribution in [3.63, 3.8) is 0 Å². The van der Waals surface area contributed by atoms with Gasteiger partial charge in [0.1, 0.15) is 0 Å². The van der Waals surface area contributed by atoms with E-state index in [2.05, 4.69) is 10.0 Å². The molecule has 0 spiro atoms. The lowest BCUT2D eigenvalue weighted by molar-refractivity contribution is -0.117. The van der Waals surface area contributed by atoms with E-state index in [0.717, 1.165) is 5.56 Å². The zero-order valence-electron chi connectivity index (χ0n) is 6.64. The van der Waals surface area contributed by atoms with E-state index >= 15 is 0 Å². The molecular weight excluding hydrogens is 190 g/mol. The lowest BCUT2D eigenvalue weighted by Crippen LogP contribution is -1.96. The van der Waals surface area contributed by atoms with Crippen LogP contribution in [0.1, 0.15) is 5.56 Å². The fraction of sp³-hybridized carbons (Fsp3) is 0.125. The first kappa shape index (κ1) is 9.58. The molecule has 0 aliphatic heterocycles. The topological polar surface area (TPSA) is 65.8 Å². The number of carbonyl (C=O) groups is 1. The van der Waals surface area contributed by atoms with E-state index in [4.69, 9.17) is 17.1 Å². The van der Waals surface area contributed by atoms with E-state index in [-0.39, 0.29) is 6.42 Å². The molecule has 0 aliphatic rings. The average molecular weight is 196 g/mol. The third-order valence-corrected chi connectivity index (χ3v) is 1.68. The Bertz CT molecular complexity index is 354. The molecule has 0 atom stereocenters. The Balaban J connectivity index is 2.69. The van der Waals surface area contributed by atoms with Gasteiger partial charge in [-0.05, 0) is 28.3 Å². The highest BCUT2D eigenvalue weighted by Gasteiger charge is 1.99. The van der Waals surface area contributed by atoms with Gasteiger partial charge in [-0.15, -0.1) is 0 Å². The molecular formula is C8H6ClN3O. The Kier molecular flexibility index (Phi) is 3.31. The zero-order chi connectivity index (χ0) is 9.68. The summed E-state index contributed by atoms with van der Waals surface area (Å²) in [5, 5.41) is 3.56. The van der Waals surface area contributed by atoms with Crippen LogP contribution < -0.4 is 0 Å². The van der Waals surface area contributed by atoms with Crippen molar-refractivity contribution in [3.8, 4) is 0 Å². The molecule has 1 aromatic carbocycles. The normalized spacial score (nSPS) is 9.00. The zero-order valence-corrected chi connectivity index (χ0v) is 7.40. The number of nitrogens with zero attached hydrogens (tertiary/aromatic N) is 3. The van der Waals surface area contributed by atoms with Crippen molar-refractivity contribution in [1.82, 2.24) is 0 Å². The van der Waals surface area contributed by atoms with Crippen molar-refractivity contribution in [2.45, 2.75) is 6.42 Å². The van der Waals surface area contributed by atoms with Gasteiger partial charge in [0.05, 0.1) is 0 Å². The second kappa shape index (κ2) is 4.50. The maximum absolute atomic E-state index is 10.8. The van der Waals surface area contributed by atoms with Gasteiger partial charge in [0.25, 0.3) is 0 Å². The van der Waals surface area contributed by atoms with Gasteiger partial charge >= 0.3 is 0 Å². The Morgan fingerprint density at radius 3 is 2.62 bits per heavy atom. The highest BCUT2D eigenvalue weighted by atomic mass is 35.5. The standard InChI is InChI=1S/C8H6ClN3O/c9-7-3-1-6(2-4-7)5-8(13)11-12-10/h1-4H,5H2. The summed E-state index contributed by atoms with van der Waals surface area (Å²) in [6.45, 7) is 0. The molecule has 1 aromatic rings. The molecule has 13 heavy (non-hydrogen) atoms. The second-order valence-electron chi connectivity index (χ2n) is 2.39. The van der Waals surface area contributed by atoms with Crippen LogP contribution in [0.15, 0.2) is 29.4 Å². The fourth-order valence-electron chi connectivity index (χ4n) is 0.862. The van der Waals surface area contributed by atoms with Crippen LogP contribution in [0.2, 0.25) is 5.02 Å². The van der Waals surface area contributed by atoms with Gasteiger partial charge in [-0.3, -0.25) is 4.79 Å². The molecule has 0 N–H and O–H groups in total. The summed E-state index contributed by atoms with van der Waals surface area (Å²) in [5.74, 6) is -0.496. The van der Waals surface area contributed by atoms with E-state index in [1.807, 2.05) is 0 Å². The smallest absolute Gasteiger partial charge is 0.223 e. The number of hydrogen-bond donors (Lipinski definition) is 0. The number of amides is 1. The van der Waals surface area contributed by atoms with Crippen LogP contribution in [0.5, 0.6) is 0 Å². The van der Waals surface area contributed by atoms with Gasteiger partial charge in [-0.1, -0.05) is 23.7 Å². The first-order valence-corrected chi connectivity index (χ1v) is 3.92. The number of carbonyl (C=O) groups excluding carboxylic acids is 1. The van der Waals surface area contributed by atoms with Gasteiger partial charge in [-0.25, -0.2) is 0 Å². The van der Waals surface area contributed by atoms with Crippen molar-refractivity contribution in [2.24, 2.45) is 5.11 Å². The molecule has 0 heterocycles. The van der Waals surface area contributed by atoms with Gasteiger partial charge in [0.15, 0.2) is 0 Å². The van der Waals surface area contributed by atoms with Crippen LogP contribution in [0.25, 0.3) is 10.4 Å². The maximum Gasteiger partial charge on any atom is 0.223 e. The fourth-order valence-corrected chi connectivity index (χ4v) is 0.988. The summed E-state index contributed by atoms with van der Waals surface area (Å²) < 4.78 is 0. The van der Waals surface area contributed by atoms with Crippen LogP contribution in [-0.2, 0) is 11.2 Å². The number of hydrogen-bond acceptors (Lipinski definition) is 1. The summed E-state index contributed by atoms with van der Waals surface area (Å²) in [4.78, 5) is 13.2. The molecule has 0 saturated carbocycles. The van der Waals surface area contributed by atoms with E-state index in [1.165, 1.54) is 0 Å². The number of rotatable bonds is 2. The van der Waals surface area contributed by atoms with Gasteiger partial charge in [0, 0.05) is 16.4 Å². The molecule has 4 nitrogen and oxygen atoms in total. The lowest BCUT2D eigenvalue weighted by Gasteiger charge is -1.95. The first-order chi connectivity index (χ1) is 6.22. The minimum atomic E-state index is -0.496. The average Bonchev–Trinajstić information content (AvgIpc) is 2.09. The molecule has 0 aromatic heterocycles. The molecule has 0 aliphatic carbocycles. The molecule has 0 fully saturated rings. The minimum absolute atomic E-state index is 0.112. The SMILES string of the molecule is [N-]=[N+]=NC(=O)Cc1ccc(Cl)cc1. The maximum atomic E-state index is 10.8. The van der Waals surface area contributed by atoms with E-state index < -0.39 is 5.91 Å². The van der Waals surface area contributed by atoms with Crippen LogP contribution in [0, 0.1) is 0 Å². The second-order valence-corrected chi connectivity index (χ2v) is 2.82. The van der Waals surface area contributed by atoms with E-state index in [1.54, 1.807) is 24.3 Å². The van der Waals surface area contributed by atoms with Crippen LogP contribution in [0.4, 0.5) is 0 Å². The third kappa shape index (κ3) is 3.15. The monoisotopic (exact) mass is 195 g/mol. The number of halogens is 1. The summed E-state index contributed by atoms with van der Waals surface area (Å²) in [7, 11) is 0. The summed E-state index contributed by atoms with van der Waals surface area (Å²) >= 11 is 5.64. The molecule has 66 valence electrons. The van der Waals surface area contributed by atoms with E-state index in [9.17, 15) is 4.79 Å². The number of benzene rings is 1. The van der Waals surface area contributed by atoms with Crippen LogP contribution in [0.3, 0.4) is 0 Å². The van der Waals surface area contributed by atoms with Crippen LogP contribution >= 0.6 is 11.6 Å². The van der Waals surface area contributed by atoms with Crippen LogP contribution in [-0.4, -0.2) is 5.91 Å². The Hall–Kier alpha value is -1.51. The van der Waals surface area contributed by atoms with Crippen molar-refractivity contribution < 1.29 is 4.79 Å². The van der Waals surface area contributed by atoms with E-state index in [0.29, 0.717) is 5.02 Å². The number of azide groups is 1. The highest BCUT2D eigenvalue weighted by Crippen LogP contribution is 2.10. The van der Waals surface area contributed by atoms with Crippen molar-refractivity contribution in [1.29, 1.82) is 0 Å². The molecule has 0 bridgehead atoms. The molecule has 1 rings (SSSR count). The third-order valence-electron chi connectivity index (χ3n) is 1.42. The predicted octanol–water partition coefficient (Wildman–Crippen LogP) is 2.72. The Morgan fingerprint density at radius 2 is 2.08 bits per heavy atom. The molecule has 0 unspecified atom stereocenters. The Morgan fingerprint density at radius 1 is 1.46 bits per heavy atom. The van der Waals surface area contributed by atoms with Crippen molar-refractivity contribution >= 4 is 17.5 Å². The molecule has 0 radical (unpaired) electrons. The van der Waals surface area contributed by atoms with Gasteiger partial charge in [0.2, 0.25) is 5.91 Å². The molecule has 0 saturated heterocycles. The van der Waals surface area contributed by atoms with Crippen molar-refractivity contribution in [2.75, 3.05) is 0 Å². The summed E-state index contributed by atoms with van der Waals surface area (Å²) in [6, 6.07) is 6.79. The largest absolute Gasteiger partial charge is 0.292 e. The Labute approximate surface area is 79.8 Å². The predicted molar refractivity (Wildman–Crippen MR) is 49.3 cm³/mol. The van der Waals surface area contributed by atoms with Crippen molar-refractivity contribution in [3.05, 3.63) is 45.3 Å². The molecule has 5 heteroatoms. The first-order valence-electron chi connectivity index (χ1n) is 3.55. The quantitative estimate of drug-likeness (QED) is 0.407. The highest BCUT2D eigenvalue weighted by molar-refractivity contribution is 6.30. The summed E-state index contributed by atoms with van der Waals surface area (Å²) in [6.07, 6.45) is 0.112. The minimum Gasteiger partial charge on any atom is -0.292 e. The van der Waals surface area contributed by atoms with Gasteiger partial charge in [-0.2, -0.15) is 0 Å². The van der Waals surface area contributed by atoms with Gasteiger partial charge < -0.3 is 0 Å². The summed E-state index contributed by atoms with van der Waals surface area (Å²) in [5.41, 5.74) is 8.75. The molecule has 1 amide bonds.